The minimum atomic E-state index is -0.0516. The number of rotatable bonds is 4. The van der Waals surface area contributed by atoms with Crippen molar-refractivity contribution in [1.29, 1.82) is 0 Å². The van der Waals surface area contributed by atoms with Crippen molar-refractivity contribution in [2.45, 2.75) is 39.7 Å². The van der Waals surface area contributed by atoms with Gasteiger partial charge in [0.2, 0.25) is 0 Å². The van der Waals surface area contributed by atoms with Crippen molar-refractivity contribution >= 4 is 22.7 Å². The maximum absolute atomic E-state index is 6.28. The second-order valence-corrected chi connectivity index (χ2v) is 6.48. The number of aryl methyl sites for hydroxylation is 3. The first-order chi connectivity index (χ1) is 8.15. The molecule has 1 unspecified atom stereocenters. The molecule has 92 valence electrons. The zero-order valence-electron chi connectivity index (χ0n) is 10.5. The Morgan fingerprint density at radius 2 is 2.00 bits per heavy atom. The summed E-state index contributed by atoms with van der Waals surface area (Å²) in [5.74, 6) is 0. The van der Waals surface area contributed by atoms with Crippen LogP contribution in [0.5, 0.6) is 0 Å². The molecular weight excluding hydrogens is 248 g/mol. The lowest BCUT2D eigenvalue weighted by Gasteiger charge is -2.04. The number of nitrogens with zero attached hydrogens (tertiary/aromatic N) is 1. The lowest BCUT2D eigenvalue weighted by molar-refractivity contribution is 0.862. The predicted octanol–water partition coefficient (Wildman–Crippen LogP) is 3.69. The molecule has 0 radical (unpaired) electrons. The molecule has 0 aromatic carbocycles. The standard InChI is InChI=1S/C13H18N2S2/c1-4-9-6-7-11(17-9)12(14)13-15-10(5-2)8(3)16-13/h6-7,12H,4-5,14H2,1-3H3. The Balaban J connectivity index is 2.26. The highest BCUT2D eigenvalue weighted by Crippen LogP contribution is 2.30. The number of hydrogen-bond acceptors (Lipinski definition) is 4. The molecule has 0 aliphatic rings. The van der Waals surface area contributed by atoms with Gasteiger partial charge in [0.25, 0.3) is 0 Å². The molecular formula is C13H18N2S2. The van der Waals surface area contributed by atoms with Gasteiger partial charge in [-0.1, -0.05) is 13.8 Å². The molecule has 2 aromatic rings. The van der Waals surface area contributed by atoms with Gasteiger partial charge in [-0.2, -0.15) is 0 Å². The molecule has 0 aliphatic carbocycles. The van der Waals surface area contributed by atoms with E-state index in [1.165, 1.54) is 20.3 Å². The summed E-state index contributed by atoms with van der Waals surface area (Å²) in [7, 11) is 0. The third-order valence-corrected chi connectivity index (χ3v) is 5.26. The Morgan fingerprint density at radius 1 is 1.24 bits per heavy atom. The van der Waals surface area contributed by atoms with Gasteiger partial charge in [-0.3, -0.25) is 0 Å². The van der Waals surface area contributed by atoms with Crippen LogP contribution >= 0.6 is 22.7 Å². The van der Waals surface area contributed by atoms with E-state index >= 15 is 0 Å². The number of aromatic nitrogens is 1. The Labute approximate surface area is 111 Å². The van der Waals surface area contributed by atoms with Gasteiger partial charge >= 0.3 is 0 Å². The van der Waals surface area contributed by atoms with Gasteiger partial charge in [-0.25, -0.2) is 4.98 Å². The summed E-state index contributed by atoms with van der Waals surface area (Å²) in [4.78, 5) is 8.55. The molecule has 2 nitrogen and oxygen atoms in total. The Hall–Kier alpha value is -0.710. The molecule has 0 saturated carbocycles. The van der Waals surface area contributed by atoms with Gasteiger partial charge in [-0.05, 0) is 31.9 Å². The zero-order valence-corrected chi connectivity index (χ0v) is 12.1. The van der Waals surface area contributed by atoms with Gasteiger partial charge in [0.1, 0.15) is 5.01 Å². The maximum Gasteiger partial charge on any atom is 0.115 e. The third-order valence-electron chi connectivity index (χ3n) is 2.85. The summed E-state index contributed by atoms with van der Waals surface area (Å²) in [5, 5.41) is 1.05. The van der Waals surface area contributed by atoms with Crippen LogP contribution in [-0.4, -0.2) is 4.98 Å². The minimum absolute atomic E-state index is 0.0516. The van der Waals surface area contributed by atoms with Crippen LogP contribution in [0.2, 0.25) is 0 Å². The van der Waals surface area contributed by atoms with Crippen molar-refractivity contribution in [2.75, 3.05) is 0 Å². The highest BCUT2D eigenvalue weighted by Gasteiger charge is 2.16. The van der Waals surface area contributed by atoms with E-state index in [2.05, 4.69) is 37.9 Å². The van der Waals surface area contributed by atoms with Crippen molar-refractivity contribution in [3.05, 3.63) is 37.5 Å². The van der Waals surface area contributed by atoms with Crippen molar-refractivity contribution in [3.8, 4) is 0 Å². The molecule has 2 heterocycles. The number of thiophene rings is 1. The molecule has 0 aliphatic heterocycles. The van der Waals surface area contributed by atoms with E-state index in [-0.39, 0.29) is 6.04 Å². The molecule has 4 heteroatoms. The largest absolute Gasteiger partial charge is 0.318 e. The first kappa shape index (κ1) is 12.7. The van der Waals surface area contributed by atoms with Crippen LogP contribution in [0.4, 0.5) is 0 Å². The average Bonchev–Trinajstić information content (AvgIpc) is 2.94. The summed E-state index contributed by atoms with van der Waals surface area (Å²) < 4.78 is 0. The van der Waals surface area contributed by atoms with Crippen LogP contribution in [0.1, 0.15) is 45.2 Å². The van der Waals surface area contributed by atoms with E-state index in [1.807, 2.05) is 0 Å². The predicted molar refractivity (Wildman–Crippen MR) is 76.0 cm³/mol. The molecule has 1 atom stereocenters. The Morgan fingerprint density at radius 3 is 2.53 bits per heavy atom. The lowest BCUT2D eigenvalue weighted by Crippen LogP contribution is -2.09. The first-order valence-electron chi connectivity index (χ1n) is 5.96. The summed E-state index contributed by atoms with van der Waals surface area (Å²) in [6.07, 6.45) is 2.06. The van der Waals surface area contributed by atoms with Crippen molar-refractivity contribution in [2.24, 2.45) is 5.73 Å². The second kappa shape index (κ2) is 5.29. The maximum atomic E-state index is 6.28. The van der Waals surface area contributed by atoms with Crippen LogP contribution in [0.3, 0.4) is 0 Å². The van der Waals surface area contributed by atoms with Gasteiger partial charge in [0.05, 0.1) is 11.7 Å². The fourth-order valence-electron chi connectivity index (χ4n) is 1.78. The van der Waals surface area contributed by atoms with Gasteiger partial charge in [-0.15, -0.1) is 22.7 Å². The van der Waals surface area contributed by atoms with Crippen LogP contribution in [0.15, 0.2) is 12.1 Å². The van der Waals surface area contributed by atoms with Crippen LogP contribution in [0, 0.1) is 6.92 Å². The van der Waals surface area contributed by atoms with Crippen LogP contribution in [-0.2, 0) is 12.8 Å². The fraction of sp³-hybridized carbons (Fsp3) is 0.462. The molecule has 0 amide bonds. The monoisotopic (exact) mass is 266 g/mol. The van der Waals surface area contributed by atoms with E-state index in [0.717, 1.165) is 17.8 Å². The fourth-order valence-corrected chi connectivity index (χ4v) is 3.85. The van der Waals surface area contributed by atoms with Crippen molar-refractivity contribution in [1.82, 2.24) is 4.98 Å². The molecule has 2 aromatic heterocycles. The molecule has 0 spiro atoms. The smallest absolute Gasteiger partial charge is 0.115 e. The normalized spacial score (nSPS) is 12.9. The Kier molecular flexibility index (Phi) is 3.97. The average molecular weight is 266 g/mol. The minimum Gasteiger partial charge on any atom is -0.318 e. The van der Waals surface area contributed by atoms with E-state index < -0.39 is 0 Å². The SMILES string of the molecule is CCc1ccc(C(N)c2nc(CC)c(C)s2)s1. The van der Waals surface area contributed by atoms with Crippen LogP contribution in [0.25, 0.3) is 0 Å². The lowest BCUT2D eigenvalue weighted by atomic mass is 10.2. The highest BCUT2D eigenvalue weighted by atomic mass is 32.1. The molecule has 17 heavy (non-hydrogen) atoms. The van der Waals surface area contributed by atoms with Gasteiger partial charge in [0.15, 0.2) is 0 Å². The van der Waals surface area contributed by atoms with E-state index in [9.17, 15) is 0 Å². The second-order valence-electron chi connectivity index (χ2n) is 4.04. The number of hydrogen-bond donors (Lipinski definition) is 1. The van der Waals surface area contributed by atoms with Gasteiger partial charge < -0.3 is 5.73 Å². The molecule has 0 bridgehead atoms. The summed E-state index contributed by atoms with van der Waals surface area (Å²) >= 11 is 3.53. The molecule has 0 saturated heterocycles. The summed E-state index contributed by atoms with van der Waals surface area (Å²) in [6, 6.07) is 4.25. The summed E-state index contributed by atoms with van der Waals surface area (Å²) in [6.45, 7) is 6.43. The topological polar surface area (TPSA) is 38.9 Å². The molecule has 0 fully saturated rings. The van der Waals surface area contributed by atoms with E-state index in [1.54, 1.807) is 22.7 Å². The first-order valence-corrected chi connectivity index (χ1v) is 7.59. The Bertz CT molecular complexity index is 499. The molecule has 2 N–H and O–H groups in total. The quantitative estimate of drug-likeness (QED) is 0.916. The summed E-state index contributed by atoms with van der Waals surface area (Å²) in [5.41, 5.74) is 7.47. The van der Waals surface area contributed by atoms with Crippen molar-refractivity contribution < 1.29 is 0 Å². The third kappa shape index (κ3) is 2.59. The highest BCUT2D eigenvalue weighted by molar-refractivity contribution is 7.13. The number of nitrogens with two attached hydrogens (primary N) is 1. The van der Waals surface area contributed by atoms with E-state index in [0.29, 0.717) is 0 Å². The molecule has 2 rings (SSSR count). The van der Waals surface area contributed by atoms with Crippen LogP contribution < -0.4 is 5.73 Å². The van der Waals surface area contributed by atoms with Crippen molar-refractivity contribution in [3.63, 3.8) is 0 Å². The zero-order chi connectivity index (χ0) is 12.4. The van der Waals surface area contributed by atoms with E-state index in [4.69, 9.17) is 5.73 Å². The number of thiazole rings is 1. The van der Waals surface area contributed by atoms with Gasteiger partial charge in [0, 0.05) is 14.6 Å².